The number of rotatable bonds is 73. The Balaban J connectivity index is 4.08. The zero-order valence-electron chi connectivity index (χ0n) is 62.6. The molecule has 0 aromatic heterocycles. The number of hydrogen-bond donors (Lipinski definition) is 1. The van der Waals surface area contributed by atoms with E-state index in [9.17, 15) is 19.5 Å². The third-order valence-corrected chi connectivity index (χ3v) is 17.2. The first kappa shape index (κ1) is 90.7. The second kappa shape index (κ2) is 75.5. The van der Waals surface area contributed by atoms with Crippen LogP contribution in [0, 0.1) is 0 Å². The number of carbonyl (C=O) groups excluding carboxylic acids is 2. The van der Waals surface area contributed by atoms with Gasteiger partial charge in [0.05, 0.1) is 34.4 Å². The van der Waals surface area contributed by atoms with E-state index in [4.69, 9.17) is 18.9 Å². The molecule has 0 aromatic rings. The zero-order valence-corrected chi connectivity index (χ0v) is 62.6. The van der Waals surface area contributed by atoms with E-state index >= 15 is 0 Å². The van der Waals surface area contributed by atoms with Crippen LogP contribution in [0.5, 0.6) is 0 Å². The molecule has 2 atom stereocenters. The molecule has 0 fully saturated rings. The minimum absolute atomic E-state index is 0.179. The second-order valence-corrected chi connectivity index (χ2v) is 27.6. The predicted octanol–water partition coefficient (Wildman–Crippen LogP) is 25.5. The molecule has 9 nitrogen and oxygen atoms in total. The van der Waals surface area contributed by atoms with Gasteiger partial charge in [0.1, 0.15) is 13.2 Å². The Morgan fingerprint density at radius 2 is 0.600 bits per heavy atom. The summed E-state index contributed by atoms with van der Waals surface area (Å²) in [5, 5.41) is 9.77. The summed E-state index contributed by atoms with van der Waals surface area (Å²) in [6.45, 7) is 4.77. The first-order valence-corrected chi connectivity index (χ1v) is 39.7. The van der Waals surface area contributed by atoms with Gasteiger partial charge in [-0.25, -0.2) is 4.79 Å². The summed E-state index contributed by atoms with van der Waals surface area (Å²) in [4.78, 5) is 37.7. The maximum absolute atomic E-state index is 13.0. The van der Waals surface area contributed by atoms with Crippen LogP contribution in [0.1, 0.15) is 348 Å². The number of carbonyl (C=O) groups is 3. The van der Waals surface area contributed by atoms with Gasteiger partial charge >= 0.3 is 17.9 Å². The Hall–Kier alpha value is -4.31. The van der Waals surface area contributed by atoms with Crippen molar-refractivity contribution in [2.24, 2.45) is 0 Å². The third kappa shape index (κ3) is 76.9. The smallest absolute Gasteiger partial charge is 0.361 e. The molecule has 0 rings (SSSR count). The van der Waals surface area contributed by atoms with Gasteiger partial charge in [0.2, 0.25) is 0 Å². The lowest BCUT2D eigenvalue weighted by Gasteiger charge is -2.25. The fourth-order valence-corrected chi connectivity index (χ4v) is 11.2. The molecule has 2 unspecified atom stereocenters. The van der Waals surface area contributed by atoms with Crippen LogP contribution in [-0.4, -0.2) is 87.4 Å². The van der Waals surface area contributed by atoms with Crippen molar-refractivity contribution in [2.45, 2.75) is 360 Å². The number of unbranched alkanes of at least 4 members (excludes halogenated alkanes) is 38. The lowest BCUT2D eigenvalue weighted by atomic mass is 10.0. The highest BCUT2D eigenvalue weighted by Gasteiger charge is 2.25. The van der Waals surface area contributed by atoms with Crippen molar-refractivity contribution in [3.8, 4) is 0 Å². The molecule has 9 heteroatoms. The van der Waals surface area contributed by atoms with Crippen LogP contribution in [0.4, 0.5) is 0 Å². The van der Waals surface area contributed by atoms with E-state index in [-0.39, 0.29) is 32.2 Å². The molecule has 95 heavy (non-hydrogen) atoms. The van der Waals surface area contributed by atoms with Crippen LogP contribution in [0.3, 0.4) is 0 Å². The number of carboxylic acid groups (broad SMARTS) is 1. The summed E-state index contributed by atoms with van der Waals surface area (Å²) in [7, 11) is 5.97. The number of carboxylic acids is 1. The van der Waals surface area contributed by atoms with Crippen molar-refractivity contribution in [2.75, 3.05) is 47.5 Å². The van der Waals surface area contributed by atoms with Crippen molar-refractivity contribution in [3.63, 3.8) is 0 Å². The van der Waals surface area contributed by atoms with Crippen molar-refractivity contribution in [1.82, 2.24) is 0 Å². The van der Waals surface area contributed by atoms with Crippen LogP contribution in [0.2, 0.25) is 0 Å². The average Bonchev–Trinajstić information content (AvgIpc) is 3.75. The number of allylic oxidation sites excluding steroid dienone is 20. The summed E-state index contributed by atoms with van der Waals surface area (Å²) in [5.74, 6) is -2.03. The number of likely N-dealkylation sites (N-methyl/N-ethyl adjacent to an activating group) is 1. The topological polar surface area (TPSA) is 108 Å². The second-order valence-electron chi connectivity index (χ2n) is 27.6. The molecule has 0 amide bonds. The molecule has 546 valence electrons. The highest BCUT2D eigenvalue weighted by atomic mass is 16.7. The summed E-state index contributed by atoms with van der Waals surface area (Å²) in [6, 6.07) is 0. The molecule has 1 N–H and O–H groups in total. The molecule has 0 saturated carbocycles. The summed E-state index contributed by atoms with van der Waals surface area (Å²) < 4.78 is 23.0. The van der Waals surface area contributed by atoms with Crippen molar-refractivity contribution >= 4 is 17.9 Å². The number of esters is 2. The van der Waals surface area contributed by atoms with E-state index in [1.807, 2.05) is 21.1 Å². The fraction of sp³-hybridized carbons (Fsp3) is 0.733. The van der Waals surface area contributed by atoms with Crippen molar-refractivity contribution in [1.29, 1.82) is 0 Å². The highest BCUT2D eigenvalue weighted by Crippen LogP contribution is 2.18. The maximum atomic E-state index is 13.0. The number of quaternary nitrogens is 1. The Bertz CT molecular complexity index is 1980. The number of hydrogen-bond acceptors (Lipinski definition) is 7. The van der Waals surface area contributed by atoms with Crippen LogP contribution in [0.15, 0.2) is 122 Å². The standard InChI is InChI=1S/C86H149NO8/c1-6-8-10-12-14-16-18-20-22-24-26-28-30-32-34-36-38-40-41-42-43-45-46-48-50-52-54-56-58-60-62-64-66-68-70-72-74-76-83(88)93-80-82(81-94-86(85(90)91)92-79-78-87(3,4)5)95-84(89)77-75-73-71-69-67-65-63-61-59-57-55-53-51-49-47-44-39-37-35-33-31-29-27-25-23-21-19-17-15-13-11-9-7-2/h9,11,15,17,21,23-24,26-27,29,33,35,39,44,49,51,55,57,61,63,82,86H,6-8,10,12-14,16,18-20,22,25,28,30-32,34,36-38,40-43,45-48,50,52-54,56,58-60,62,64-81H2,1-5H3/p+1/b11-9-,17-15-,23-21-,26-24-,29-27-,35-33-,44-39-,51-49-,57-55-,63-61-. The van der Waals surface area contributed by atoms with Crippen molar-refractivity contribution in [3.05, 3.63) is 122 Å². The van der Waals surface area contributed by atoms with Crippen LogP contribution in [-0.2, 0) is 33.3 Å². The number of ether oxygens (including phenoxy) is 4. The highest BCUT2D eigenvalue weighted by molar-refractivity contribution is 5.71. The van der Waals surface area contributed by atoms with Crippen LogP contribution in [0.25, 0.3) is 0 Å². The predicted molar refractivity (Wildman–Crippen MR) is 410 cm³/mol. The minimum atomic E-state index is -1.52. The van der Waals surface area contributed by atoms with Crippen LogP contribution < -0.4 is 0 Å². The molecule has 0 bridgehead atoms. The van der Waals surface area contributed by atoms with E-state index in [2.05, 4.69) is 135 Å². The Morgan fingerprint density at radius 1 is 0.326 bits per heavy atom. The molecule has 0 heterocycles. The quantitative estimate of drug-likeness (QED) is 0.0211. The van der Waals surface area contributed by atoms with E-state index in [0.717, 1.165) is 109 Å². The lowest BCUT2D eigenvalue weighted by molar-refractivity contribution is -0.870. The maximum Gasteiger partial charge on any atom is 0.361 e. The Kier molecular flexibility index (Phi) is 72.0. The van der Waals surface area contributed by atoms with Gasteiger partial charge in [0.25, 0.3) is 6.29 Å². The van der Waals surface area contributed by atoms with E-state index < -0.39 is 24.3 Å². The van der Waals surface area contributed by atoms with Gasteiger partial charge in [0, 0.05) is 12.8 Å². The summed E-state index contributed by atoms with van der Waals surface area (Å²) >= 11 is 0. The molecular formula is C86H150NO8+. The largest absolute Gasteiger partial charge is 0.477 e. The molecule has 0 radical (unpaired) electrons. The average molecular weight is 1330 g/mol. The lowest BCUT2D eigenvalue weighted by Crippen LogP contribution is -2.40. The fourth-order valence-electron chi connectivity index (χ4n) is 11.2. The van der Waals surface area contributed by atoms with Crippen LogP contribution >= 0.6 is 0 Å². The Morgan fingerprint density at radius 3 is 0.905 bits per heavy atom. The molecule has 0 spiro atoms. The third-order valence-electron chi connectivity index (χ3n) is 17.2. The van der Waals surface area contributed by atoms with Gasteiger partial charge in [-0.1, -0.05) is 347 Å². The monoisotopic (exact) mass is 1330 g/mol. The molecule has 0 aromatic carbocycles. The number of aliphatic carboxylic acids is 1. The molecule has 0 aliphatic rings. The van der Waals surface area contributed by atoms with Gasteiger partial charge in [-0.2, -0.15) is 0 Å². The van der Waals surface area contributed by atoms with Gasteiger partial charge in [-0.15, -0.1) is 0 Å². The van der Waals surface area contributed by atoms with Gasteiger partial charge < -0.3 is 28.5 Å². The molecule has 0 saturated heterocycles. The van der Waals surface area contributed by atoms with E-state index in [1.54, 1.807) is 0 Å². The first-order chi connectivity index (χ1) is 46.6. The normalized spacial score (nSPS) is 13.3. The zero-order chi connectivity index (χ0) is 69.0. The molecule has 0 aliphatic heterocycles. The Labute approximate surface area is 587 Å². The summed E-state index contributed by atoms with van der Waals surface area (Å²) in [6.07, 6.45) is 105. The van der Waals surface area contributed by atoms with Gasteiger partial charge in [-0.3, -0.25) is 9.59 Å². The minimum Gasteiger partial charge on any atom is -0.477 e. The molecule has 0 aliphatic carbocycles. The molecular weight excluding hydrogens is 1170 g/mol. The van der Waals surface area contributed by atoms with Gasteiger partial charge in [-0.05, 0) is 109 Å². The van der Waals surface area contributed by atoms with E-state index in [1.165, 1.54) is 205 Å². The summed E-state index contributed by atoms with van der Waals surface area (Å²) in [5.41, 5.74) is 0. The SMILES string of the molecule is CC/C=C\C/C=C\C/C=C\C/C=C\C/C=C\C/C=C\C/C=C\C/C=C\C/C=C\CCCCCCCC(=O)OC(COC(=O)CCCCCCCCCCCCCCCCCCCCCCCCCCC/C=C\CCCCCCCCCC)COC(OCC[N+](C)(C)C)C(=O)O. The first-order valence-electron chi connectivity index (χ1n) is 39.7. The van der Waals surface area contributed by atoms with E-state index in [0.29, 0.717) is 23.9 Å². The van der Waals surface area contributed by atoms with Crippen molar-refractivity contribution < 1.29 is 42.9 Å². The van der Waals surface area contributed by atoms with Gasteiger partial charge in [0.15, 0.2) is 6.10 Å². The number of nitrogens with zero attached hydrogens (tertiary/aromatic N) is 1.